The fourth-order valence-electron chi connectivity index (χ4n) is 6.96. The van der Waals surface area contributed by atoms with Crippen molar-refractivity contribution in [1.29, 1.82) is 0 Å². The van der Waals surface area contributed by atoms with E-state index in [1.165, 1.54) is 75.6 Å². The first kappa shape index (κ1) is 29.1. The monoisotopic (exact) mass is 713 g/mol. The molecule has 0 saturated heterocycles. The van der Waals surface area contributed by atoms with Gasteiger partial charge in [0.05, 0.1) is 0 Å². The molecular weight excluding hydrogens is 671 g/mol. The van der Waals surface area contributed by atoms with Crippen LogP contribution in [0.1, 0.15) is 101 Å². The van der Waals surface area contributed by atoms with Gasteiger partial charge in [0.25, 0.3) is 0 Å². The van der Waals surface area contributed by atoms with Crippen molar-refractivity contribution < 1.29 is 21.1 Å². The van der Waals surface area contributed by atoms with Crippen LogP contribution in [0, 0.1) is 10.8 Å². The van der Waals surface area contributed by atoms with E-state index in [9.17, 15) is 0 Å². The van der Waals surface area contributed by atoms with Gasteiger partial charge in [-0.05, 0) is 73.6 Å². The van der Waals surface area contributed by atoms with Crippen molar-refractivity contribution in [2.75, 3.05) is 0 Å². The van der Waals surface area contributed by atoms with Crippen LogP contribution in [0.25, 0.3) is 22.8 Å². The largest absolute Gasteiger partial charge is 2.00 e. The molecule has 40 heavy (non-hydrogen) atoms. The van der Waals surface area contributed by atoms with Gasteiger partial charge in [0.2, 0.25) is 0 Å². The maximum Gasteiger partial charge on any atom is 2.00 e. The Bertz CT molecular complexity index is 1280. The molecule has 0 atom stereocenters. The van der Waals surface area contributed by atoms with Crippen molar-refractivity contribution in [3.8, 4) is 22.8 Å². The molecule has 2 fully saturated rings. The summed E-state index contributed by atoms with van der Waals surface area (Å²) in [4.78, 5) is 19.9. The van der Waals surface area contributed by atoms with Gasteiger partial charge in [-0.2, -0.15) is 11.4 Å². The SMILES string of the molecule is CC1(Cc2ccc(-c3cccc(Cc4cccc(-c5ccc(CC6(C)CCCCC6)[n-]5)n4)n3)[n-]2)CCCCC1.[Pt+2]. The molecule has 2 aliphatic rings. The zero-order valence-corrected chi connectivity index (χ0v) is 26.3. The van der Waals surface area contributed by atoms with Crippen molar-refractivity contribution in [1.82, 2.24) is 19.9 Å². The third-order valence-electron chi connectivity index (χ3n) is 9.23. The second-order valence-corrected chi connectivity index (χ2v) is 12.9. The number of aromatic nitrogens is 4. The first-order valence-corrected chi connectivity index (χ1v) is 15.1. The number of pyridine rings is 2. The van der Waals surface area contributed by atoms with E-state index in [2.05, 4.69) is 74.5 Å². The van der Waals surface area contributed by atoms with Crippen LogP contribution in [-0.4, -0.2) is 9.97 Å². The summed E-state index contributed by atoms with van der Waals surface area (Å²) in [5, 5.41) is 0. The summed E-state index contributed by atoms with van der Waals surface area (Å²) >= 11 is 0. The first-order chi connectivity index (χ1) is 19.0. The summed E-state index contributed by atoms with van der Waals surface area (Å²) in [6.07, 6.45) is 16.3. The molecular formula is C35H42N4Pt. The summed E-state index contributed by atoms with van der Waals surface area (Å²) in [5.74, 6) is 0. The van der Waals surface area contributed by atoms with Crippen molar-refractivity contribution in [3.63, 3.8) is 0 Å². The summed E-state index contributed by atoms with van der Waals surface area (Å²) in [7, 11) is 0. The van der Waals surface area contributed by atoms with Crippen molar-refractivity contribution >= 4 is 0 Å². The molecule has 5 heteroatoms. The second-order valence-electron chi connectivity index (χ2n) is 12.9. The van der Waals surface area contributed by atoms with Gasteiger partial charge >= 0.3 is 21.1 Å². The maximum absolute atomic E-state index is 4.98. The number of hydrogen-bond donors (Lipinski definition) is 0. The van der Waals surface area contributed by atoms with Gasteiger partial charge in [-0.25, -0.2) is 0 Å². The van der Waals surface area contributed by atoms with Crippen molar-refractivity contribution in [2.45, 2.75) is 97.3 Å². The van der Waals surface area contributed by atoms with E-state index in [0.717, 1.165) is 47.0 Å². The molecule has 0 N–H and O–H groups in total. The average Bonchev–Trinajstić information content (AvgIpc) is 3.59. The van der Waals surface area contributed by atoms with Crippen LogP contribution in [0.2, 0.25) is 0 Å². The average molecular weight is 714 g/mol. The van der Waals surface area contributed by atoms with E-state index >= 15 is 0 Å². The topological polar surface area (TPSA) is 54.0 Å². The van der Waals surface area contributed by atoms with Crippen LogP contribution in [0.15, 0.2) is 60.7 Å². The molecule has 4 nitrogen and oxygen atoms in total. The molecule has 2 aliphatic carbocycles. The van der Waals surface area contributed by atoms with Crippen LogP contribution in [0.3, 0.4) is 0 Å². The normalized spacial score (nSPS) is 18.2. The number of nitrogens with zero attached hydrogens (tertiary/aromatic N) is 4. The van der Waals surface area contributed by atoms with E-state index in [-0.39, 0.29) is 21.1 Å². The molecule has 0 aromatic carbocycles. The minimum atomic E-state index is 0. The molecule has 0 radical (unpaired) electrons. The fraction of sp³-hybridized carbons (Fsp3) is 0.486. The number of hydrogen-bond acceptors (Lipinski definition) is 2. The van der Waals surface area contributed by atoms with Crippen LogP contribution >= 0.6 is 0 Å². The molecule has 2 saturated carbocycles. The standard InChI is InChI=1S/C35H42N4.Pt/c1-34(19-5-3-6-20-34)24-28-15-17-32(38-28)30-13-9-11-26(36-30)23-27-12-10-14-31(37-27)33-18-16-29(39-33)25-35(2)21-7-4-8-22-35;/h9-18H,3-8,19-25H2,1-2H3;/q-2;+2. The second kappa shape index (κ2) is 12.6. The smallest absolute Gasteiger partial charge is 0.660 e. The van der Waals surface area contributed by atoms with Crippen LogP contribution < -0.4 is 9.97 Å². The Hall–Kier alpha value is -2.45. The van der Waals surface area contributed by atoms with E-state index in [1.807, 2.05) is 0 Å². The van der Waals surface area contributed by atoms with Crippen LogP contribution in [0.5, 0.6) is 0 Å². The quantitative estimate of drug-likeness (QED) is 0.184. The molecule has 4 aromatic heterocycles. The molecule has 212 valence electrons. The van der Waals surface area contributed by atoms with E-state index < -0.39 is 0 Å². The van der Waals surface area contributed by atoms with Crippen LogP contribution in [-0.2, 0) is 40.3 Å². The third-order valence-corrected chi connectivity index (χ3v) is 9.23. The summed E-state index contributed by atoms with van der Waals surface area (Å²) in [6, 6.07) is 21.2. The Labute approximate surface area is 254 Å². The van der Waals surface area contributed by atoms with E-state index in [1.54, 1.807) is 0 Å². The Kier molecular flexibility index (Phi) is 9.15. The molecule has 6 rings (SSSR count). The fourth-order valence-corrected chi connectivity index (χ4v) is 6.96. The van der Waals surface area contributed by atoms with Gasteiger partial charge in [-0.1, -0.05) is 88.8 Å². The molecule has 0 aliphatic heterocycles. The number of rotatable bonds is 8. The first-order valence-electron chi connectivity index (χ1n) is 15.1. The molecule has 4 aromatic rings. The zero-order valence-electron chi connectivity index (χ0n) is 24.1. The Morgan fingerprint density at radius 1 is 0.575 bits per heavy atom. The Morgan fingerprint density at radius 2 is 1.00 bits per heavy atom. The van der Waals surface area contributed by atoms with Gasteiger partial charge in [0, 0.05) is 29.2 Å². The minimum Gasteiger partial charge on any atom is -0.660 e. The van der Waals surface area contributed by atoms with Gasteiger partial charge in [0.15, 0.2) is 0 Å². The Morgan fingerprint density at radius 3 is 1.43 bits per heavy atom. The molecule has 4 heterocycles. The molecule has 0 amide bonds. The summed E-state index contributed by atoms with van der Waals surface area (Å²) < 4.78 is 0. The van der Waals surface area contributed by atoms with Gasteiger partial charge < -0.3 is 9.97 Å². The van der Waals surface area contributed by atoms with E-state index in [4.69, 9.17) is 19.9 Å². The van der Waals surface area contributed by atoms with Crippen LogP contribution in [0.4, 0.5) is 0 Å². The molecule has 0 bridgehead atoms. The van der Waals surface area contributed by atoms with Crippen molar-refractivity contribution in [2.24, 2.45) is 10.8 Å². The molecule has 0 spiro atoms. The maximum atomic E-state index is 4.98. The minimum absolute atomic E-state index is 0. The van der Waals surface area contributed by atoms with Crippen molar-refractivity contribution in [3.05, 3.63) is 83.4 Å². The third kappa shape index (κ3) is 7.06. The van der Waals surface area contributed by atoms with Gasteiger partial charge in [-0.15, -0.1) is 11.4 Å². The molecule has 0 unspecified atom stereocenters. The van der Waals surface area contributed by atoms with Gasteiger partial charge in [-0.3, -0.25) is 9.97 Å². The van der Waals surface area contributed by atoms with Gasteiger partial charge in [0.1, 0.15) is 0 Å². The predicted octanol–water partition coefficient (Wildman–Crippen LogP) is 8.34. The zero-order chi connectivity index (χ0) is 26.7. The summed E-state index contributed by atoms with van der Waals surface area (Å²) in [6.45, 7) is 4.87. The Balaban J connectivity index is 0.00000323. The van der Waals surface area contributed by atoms with E-state index in [0.29, 0.717) is 17.3 Å². The predicted molar refractivity (Wildman–Crippen MR) is 159 cm³/mol. The summed E-state index contributed by atoms with van der Waals surface area (Å²) in [5.41, 5.74) is 9.09.